The average molecular weight is 425 g/mol. The Balaban J connectivity index is 1.62. The van der Waals surface area contributed by atoms with Crippen LogP contribution >= 0.6 is 11.6 Å². The number of halogens is 4. The van der Waals surface area contributed by atoms with Gasteiger partial charge in [0.05, 0.1) is 5.56 Å². The van der Waals surface area contributed by atoms with Crippen LogP contribution in [0.25, 0.3) is 0 Å². The van der Waals surface area contributed by atoms with Crippen LogP contribution in [0.1, 0.15) is 42.4 Å². The van der Waals surface area contributed by atoms with Crippen LogP contribution in [0.2, 0.25) is 5.02 Å². The van der Waals surface area contributed by atoms with E-state index in [4.69, 9.17) is 17.3 Å². The molecule has 0 bridgehead atoms. The fourth-order valence-electron chi connectivity index (χ4n) is 4.14. The minimum absolute atomic E-state index is 0.0689. The SMILES string of the molecule is NC[C@]1(c2cccc(Cl)c2)CC[C@H](C(=O)NCc2ccccc2C(F)(F)F)CC1. The van der Waals surface area contributed by atoms with Gasteiger partial charge in [-0.05, 0) is 55.0 Å². The van der Waals surface area contributed by atoms with Crippen molar-refractivity contribution in [2.24, 2.45) is 11.7 Å². The van der Waals surface area contributed by atoms with Crippen molar-refractivity contribution < 1.29 is 18.0 Å². The molecule has 1 fully saturated rings. The third kappa shape index (κ3) is 4.93. The number of hydrogen-bond donors (Lipinski definition) is 2. The second-order valence-electron chi connectivity index (χ2n) is 7.64. The number of benzene rings is 2. The van der Waals surface area contributed by atoms with E-state index in [9.17, 15) is 18.0 Å². The fraction of sp³-hybridized carbons (Fsp3) is 0.409. The van der Waals surface area contributed by atoms with Crippen molar-refractivity contribution in [3.05, 3.63) is 70.2 Å². The molecular formula is C22H24ClF3N2O. The molecule has 3 N–H and O–H groups in total. The predicted octanol–water partition coefficient (Wildman–Crippen LogP) is 5.06. The third-order valence-electron chi connectivity index (χ3n) is 5.92. The van der Waals surface area contributed by atoms with Gasteiger partial charge >= 0.3 is 6.18 Å². The van der Waals surface area contributed by atoms with Crippen LogP contribution in [0.4, 0.5) is 13.2 Å². The number of carbonyl (C=O) groups is 1. The standard InChI is InChI=1S/C22H24ClF3N2O/c23-18-6-3-5-17(12-18)21(14-27)10-8-15(9-11-21)20(29)28-13-16-4-1-2-7-19(16)22(24,25)26/h1-7,12,15H,8-11,13-14,27H2,(H,28,29)/t15-,21-. The largest absolute Gasteiger partial charge is 0.416 e. The van der Waals surface area contributed by atoms with Gasteiger partial charge in [0.1, 0.15) is 0 Å². The van der Waals surface area contributed by atoms with Crippen LogP contribution in [0.15, 0.2) is 48.5 Å². The number of carbonyl (C=O) groups excluding carboxylic acids is 1. The molecule has 1 aliphatic rings. The smallest absolute Gasteiger partial charge is 0.352 e. The summed E-state index contributed by atoms with van der Waals surface area (Å²) >= 11 is 6.12. The Labute approximate surface area is 173 Å². The number of amides is 1. The normalized spacial score (nSPS) is 22.3. The Morgan fingerprint density at radius 3 is 2.45 bits per heavy atom. The molecule has 0 spiro atoms. The number of hydrogen-bond acceptors (Lipinski definition) is 2. The minimum atomic E-state index is -4.44. The molecule has 0 unspecified atom stereocenters. The summed E-state index contributed by atoms with van der Waals surface area (Å²) in [6, 6.07) is 12.9. The van der Waals surface area contributed by atoms with Gasteiger partial charge in [-0.3, -0.25) is 4.79 Å². The Bertz CT molecular complexity index is 861. The summed E-state index contributed by atoms with van der Waals surface area (Å²) in [6.45, 7) is 0.321. The van der Waals surface area contributed by atoms with Crippen LogP contribution in [-0.4, -0.2) is 12.5 Å². The first kappa shape index (κ1) is 21.7. The van der Waals surface area contributed by atoms with Crippen molar-refractivity contribution in [2.75, 3.05) is 6.54 Å². The average Bonchev–Trinajstić information content (AvgIpc) is 2.71. The Morgan fingerprint density at radius 1 is 1.14 bits per heavy atom. The second-order valence-corrected chi connectivity index (χ2v) is 8.08. The molecule has 3 nitrogen and oxygen atoms in total. The zero-order valence-corrected chi connectivity index (χ0v) is 16.7. The summed E-state index contributed by atoms with van der Waals surface area (Å²) in [5, 5.41) is 3.34. The van der Waals surface area contributed by atoms with E-state index in [0.29, 0.717) is 24.4 Å². The molecule has 0 aliphatic heterocycles. The van der Waals surface area contributed by atoms with Gasteiger partial charge in [-0.1, -0.05) is 41.9 Å². The lowest BCUT2D eigenvalue weighted by Gasteiger charge is -2.39. The number of rotatable bonds is 5. The maximum Gasteiger partial charge on any atom is 0.416 e. The van der Waals surface area contributed by atoms with Crippen LogP contribution in [0.5, 0.6) is 0 Å². The molecule has 0 heterocycles. The monoisotopic (exact) mass is 424 g/mol. The Kier molecular flexibility index (Phi) is 6.54. The van der Waals surface area contributed by atoms with E-state index >= 15 is 0 Å². The molecule has 0 radical (unpaired) electrons. The quantitative estimate of drug-likeness (QED) is 0.704. The van der Waals surface area contributed by atoms with Gasteiger partial charge in [0.25, 0.3) is 0 Å². The molecule has 1 amide bonds. The second kappa shape index (κ2) is 8.76. The highest BCUT2D eigenvalue weighted by Gasteiger charge is 2.38. The van der Waals surface area contributed by atoms with Crippen LogP contribution in [0, 0.1) is 5.92 Å². The van der Waals surface area contributed by atoms with E-state index < -0.39 is 11.7 Å². The predicted molar refractivity (Wildman–Crippen MR) is 107 cm³/mol. The van der Waals surface area contributed by atoms with Gasteiger partial charge in [0.2, 0.25) is 5.91 Å². The molecule has 1 saturated carbocycles. The number of nitrogens with two attached hydrogens (primary N) is 1. The molecule has 3 rings (SSSR count). The van der Waals surface area contributed by atoms with Crippen molar-refractivity contribution in [2.45, 2.75) is 43.8 Å². The highest BCUT2D eigenvalue weighted by Crippen LogP contribution is 2.41. The first-order chi connectivity index (χ1) is 13.7. The summed E-state index contributed by atoms with van der Waals surface area (Å²) in [5.41, 5.74) is 6.29. The van der Waals surface area contributed by atoms with E-state index in [1.807, 2.05) is 24.3 Å². The summed E-state index contributed by atoms with van der Waals surface area (Å²) in [7, 11) is 0. The van der Waals surface area contributed by atoms with Crippen LogP contribution in [-0.2, 0) is 22.9 Å². The highest BCUT2D eigenvalue weighted by atomic mass is 35.5. The maximum absolute atomic E-state index is 13.1. The third-order valence-corrected chi connectivity index (χ3v) is 6.15. The van der Waals surface area contributed by atoms with Crippen molar-refractivity contribution in [1.82, 2.24) is 5.32 Å². The fourth-order valence-corrected chi connectivity index (χ4v) is 4.33. The summed E-state index contributed by atoms with van der Waals surface area (Å²) in [5.74, 6) is -0.439. The highest BCUT2D eigenvalue weighted by molar-refractivity contribution is 6.30. The van der Waals surface area contributed by atoms with Crippen LogP contribution in [0.3, 0.4) is 0 Å². The van der Waals surface area contributed by atoms with E-state index in [1.54, 1.807) is 0 Å². The van der Waals surface area contributed by atoms with E-state index in [0.717, 1.165) is 24.5 Å². The maximum atomic E-state index is 13.1. The molecule has 156 valence electrons. The van der Waals surface area contributed by atoms with Gasteiger partial charge in [-0.25, -0.2) is 0 Å². The Morgan fingerprint density at radius 2 is 1.83 bits per heavy atom. The van der Waals surface area contributed by atoms with Crippen molar-refractivity contribution in [1.29, 1.82) is 0 Å². The van der Waals surface area contributed by atoms with Gasteiger partial charge in [0, 0.05) is 29.4 Å². The molecule has 29 heavy (non-hydrogen) atoms. The Hall–Kier alpha value is -2.05. The lowest BCUT2D eigenvalue weighted by molar-refractivity contribution is -0.138. The van der Waals surface area contributed by atoms with Crippen LogP contribution < -0.4 is 11.1 Å². The van der Waals surface area contributed by atoms with Gasteiger partial charge < -0.3 is 11.1 Å². The number of alkyl halides is 3. The van der Waals surface area contributed by atoms with E-state index in [2.05, 4.69) is 5.32 Å². The van der Waals surface area contributed by atoms with Crippen molar-refractivity contribution >= 4 is 17.5 Å². The zero-order valence-electron chi connectivity index (χ0n) is 15.9. The lowest BCUT2D eigenvalue weighted by Crippen LogP contribution is -2.42. The summed E-state index contributed by atoms with van der Waals surface area (Å²) < 4.78 is 39.3. The minimum Gasteiger partial charge on any atom is -0.352 e. The first-order valence-corrected chi connectivity index (χ1v) is 10.0. The number of nitrogens with one attached hydrogen (secondary N) is 1. The summed E-state index contributed by atoms with van der Waals surface area (Å²) in [4.78, 5) is 12.6. The molecular weight excluding hydrogens is 401 g/mol. The first-order valence-electron chi connectivity index (χ1n) is 9.64. The summed E-state index contributed by atoms with van der Waals surface area (Å²) in [6.07, 6.45) is -1.70. The molecule has 0 atom stereocenters. The molecule has 2 aromatic carbocycles. The zero-order chi connectivity index (χ0) is 21.1. The molecule has 1 aliphatic carbocycles. The molecule has 2 aromatic rings. The van der Waals surface area contributed by atoms with Gasteiger partial charge in [-0.15, -0.1) is 0 Å². The molecule has 0 aromatic heterocycles. The van der Waals surface area contributed by atoms with Gasteiger partial charge in [-0.2, -0.15) is 13.2 Å². The molecule has 0 saturated heterocycles. The van der Waals surface area contributed by atoms with E-state index in [-0.39, 0.29) is 29.3 Å². The van der Waals surface area contributed by atoms with Crippen molar-refractivity contribution in [3.63, 3.8) is 0 Å². The van der Waals surface area contributed by atoms with Crippen molar-refractivity contribution in [3.8, 4) is 0 Å². The topological polar surface area (TPSA) is 55.1 Å². The van der Waals surface area contributed by atoms with E-state index in [1.165, 1.54) is 18.2 Å². The molecule has 7 heteroatoms. The lowest BCUT2D eigenvalue weighted by atomic mass is 9.66. The van der Waals surface area contributed by atoms with Gasteiger partial charge in [0.15, 0.2) is 0 Å².